The number of nitriles is 1. The fraction of sp³-hybridized carbons (Fsp3) is 0. The first-order chi connectivity index (χ1) is 9.85. The van der Waals surface area contributed by atoms with Gasteiger partial charge >= 0.3 is 0 Å². The molecule has 0 spiro atoms. The number of rotatable bonds is 3. The van der Waals surface area contributed by atoms with Crippen LogP contribution in [0.1, 0.15) is 5.56 Å². The first kappa shape index (κ1) is 14.6. The summed E-state index contributed by atoms with van der Waals surface area (Å²) in [6.07, 6.45) is 0. The van der Waals surface area contributed by atoms with E-state index in [-0.39, 0.29) is 17.1 Å². The molecule has 0 aliphatic carbocycles. The molecule has 4 N–H and O–H groups in total. The molecule has 108 valence electrons. The maximum Gasteiger partial charge on any atom is 0.263 e. The van der Waals surface area contributed by atoms with E-state index in [0.29, 0.717) is 0 Å². The van der Waals surface area contributed by atoms with Gasteiger partial charge in [-0.2, -0.15) is 5.26 Å². The van der Waals surface area contributed by atoms with E-state index in [9.17, 15) is 17.9 Å². The number of sulfonamides is 1. The molecule has 2 rings (SSSR count). The van der Waals surface area contributed by atoms with Crippen LogP contribution in [0.2, 0.25) is 0 Å². The zero-order valence-corrected chi connectivity index (χ0v) is 11.4. The van der Waals surface area contributed by atoms with Gasteiger partial charge in [-0.25, -0.2) is 12.8 Å². The minimum absolute atomic E-state index is 0.00603. The summed E-state index contributed by atoms with van der Waals surface area (Å²) >= 11 is 0. The van der Waals surface area contributed by atoms with Gasteiger partial charge in [0.2, 0.25) is 0 Å². The van der Waals surface area contributed by atoms with Gasteiger partial charge in [-0.1, -0.05) is 6.07 Å². The molecule has 0 saturated heterocycles. The van der Waals surface area contributed by atoms with Gasteiger partial charge in [-0.3, -0.25) is 4.72 Å². The summed E-state index contributed by atoms with van der Waals surface area (Å²) in [5.41, 5.74) is 5.01. The van der Waals surface area contributed by atoms with Crippen LogP contribution in [0.15, 0.2) is 41.3 Å². The summed E-state index contributed by atoms with van der Waals surface area (Å²) in [6.45, 7) is 0. The number of aromatic hydroxyl groups is 1. The molecule has 0 atom stereocenters. The number of nitrogens with zero attached hydrogens (tertiary/aromatic N) is 1. The predicted molar refractivity (Wildman–Crippen MR) is 74.4 cm³/mol. The molecule has 8 heteroatoms. The molecule has 0 saturated carbocycles. The van der Waals surface area contributed by atoms with E-state index in [0.717, 1.165) is 18.2 Å². The van der Waals surface area contributed by atoms with Crippen molar-refractivity contribution in [1.29, 1.82) is 5.26 Å². The van der Waals surface area contributed by atoms with Crippen molar-refractivity contribution in [2.75, 3.05) is 10.5 Å². The molecule has 0 radical (unpaired) electrons. The molecule has 0 aliphatic rings. The van der Waals surface area contributed by atoms with Crippen LogP contribution < -0.4 is 10.5 Å². The number of anilines is 2. The number of phenols is 1. The number of halogens is 1. The highest BCUT2D eigenvalue weighted by molar-refractivity contribution is 7.92. The number of benzene rings is 2. The standard InChI is InChI=1S/C13H10FN3O3S/c14-10-2-1-3-13(9(10)7-15)21(19,20)17-12-5-4-8(18)6-11(12)16/h1-6,17-18H,16H2. The zero-order chi connectivity index (χ0) is 15.6. The molecule has 0 fully saturated rings. The summed E-state index contributed by atoms with van der Waals surface area (Å²) in [7, 11) is -4.19. The number of hydrogen-bond donors (Lipinski definition) is 3. The third kappa shape index (κ3) is 2.88. The van der Waals surface area contributed by atoms with E-state index < -0.39 is 26.3 Å². The molecule has 0 heterocycles. The van der Waals surface area contributed by atoms with E-state index in [4.69, 9.17) is 11.0 Å². The Labute approximate surface area is 120 Å². The fourth-order valence-corrected chi connectivity index (χ4v) is 2.93. The van der Waals surface area contributed by atoms with Crippen molar-refractivity contribution in [3.05, 3.63) is 47.8 Å². The average Bonchev–Trinajstić information content (AvgIpc) is 2.41. The number of hydrogen-bond acceptors (Lipinski definition) is 5. The first-order valence-electron chi connectivity index (χ1n) is 5.65. The van der Waals surface area contributed by atoms with Crippen molar-refractivity contribution < 1.29 is 17.9 Å². The molecule has 21 heavy (non-hydrogen) atoms. The second-order valence-electron chi connectivity index (χ2n) is 4.10. The largest absolute Gasteiger partial charge is 0.508 e. The second kappa shape index (κ2) is 5.30. The van der Waals surface area contributed by atoms with Crippen LogP contribution in [0.4, 0.5) is 15.8 Å². The SMILES string of the molecule is N#Cc1c(F)cccc1S(=O)(=O)Nc1ccc(O)cc1N. The van der Waals surface area contributed by atoms with E-state index in [2.05, 4.69) is 4.72 Å². The molecule has 6 nitrogen and oxygen atoms in total. The molecule has 0 bridgehead atoms. The number of nitrogen functional groups attached to an aromatic ring is 1. The lowest BCUT2D eigenvalue weighted by atomic mass is 10.2. The Morgan fingerprint density at radius 1 is 1.29 bits per heavy atom. The lowest BCUT2D eigenvalue weighted by Gasteiger charge is -2.11. The topological polar surface area (TPSA) is 116 Å². The number of nitrogens with one attached hydrogen (secondary N) is 1. The Bertz CT molecular complexity index is 844. The molecule has 0 aliphatic heterocycles. The average molecular weight is 307 g/mol. The molecule has 0 unspecified atom stereocenters. The molecular formula is C13H10FN3O3S. The molecular weight excluding hydrogens is 297 g/mol. The normalized spacial score (nSPS) is 10.9. The van der Waals surface area contributed by atoms with E-state index in [1.54, 1.807) is 0 Å². The first-order valence-corrected chi connectivity index (χ1v) is 7.13. The zero-order valence-electron chi connectivity index (χ0n) is 10.5. The van der Waals surface area contributed by atoms with Gasteiger partial charge in [-0.05, 0) is 24.3 Å². The van der Waals surface area contributed by atoms with Gasteiger partial charge in [0, 0.05) is 6.07 Å². The van der Waals surface area contributed by atoms with Crippen LogP contribution in [0, 0.1) is 17.1 Å². The van der Waals surface area contributed by atoms with Gasteiger partial charge in [0.25, 0.3) is 10.0 Å². The Hall–Kier alpha value is -2.79. The van der Waals surface area contributed by atoms with Crippen LogP contribution in [-0.2, 0) is 10.0 Å². The van der Waals surface area contributed by atoms with Gasteiger partial charge in [0.1, 0.15) is 28.1 Å². The summed E-state index contributed by atoms with van der Waals surface area (Å²) < 4.78 is 40.1. The van der Waals surface area contributed by atoms with Gasteiger partial charge in [-0.15, -0.1) is 0 Å². The molecule has 2 aromatic rings. The highest BCUT2D eigenvalue weighted by Crippen LogP contribution is 2.27. The van der Waals surface area contributed by atoms with Crippen LogP contribution >= 0.6 is 0 Å². The van der Waals surface area contributed by atoms with E-state index in [1.165, 1.54) is 24.3 Å². The predicted octanol–water partition coefficient (Wildman–Crippen LogP) is 1.79. The summed E-state index contributed by atoms with van der Waals surface area (Å²) in [4.78, 5) is -0.488. The number of nitrogens with two attached hydrogens (primary N) is 1. The maximum atomic E-state index is 13.5. The van der Waals surface area contributed by atoms with Crippen molar-refractivity contribution in [3.63, 3.8) is 0 Å². The Balaban J connectivity index is 2.49. The lowest BCUT2D eigenvalue weighted by molar-refractivity contribution is 0.475. The molecule has 0 amide bonds. The molecule has 2 aromatic carbocycles. The second-order valence-corrected chi connectivity index (χ2v) is 5.75. The lowest BCUT2D eigenvalue weighted by Crippen LogP contribution is -2.16. The van der Waals surface area contributed by atoms with Crippen LogP contribution in [-0.4, -0.2) is 13.5 Å². The highest BCUT2D eigenvalue weighted by atomic mass is 32.2. The Kier molecular flexibility index (Phi) is 3.69. The van der Waals surface area contributed by atoms with E-state index >= 15 is 0 Å². The molecule has 0 aromatic heterocycles. The smallest absolute Gasteiger partial charge is 0.263 e. The Morgan fingerprint density at radius 2 is 2.00 bits per heavy atom. The highest BCUT2D eigenvalue weighted by Gasteiger charge is 2.22. The van der Waals surface area contributed by atoms with Gasteiger partial charge < -0.3 is 10.8 Å². The van der Waals surface area contributed by atoms with E-state index in [1.807, 2.05) is 0 Å². The van der Waals surface area contributed by atoms with Crippen molar-refractivity contribution in [2.45, 2.75) is 4.90 Å². The summed E-state index contributed by atoms with van der Waals surface area (Å²) in [6, 6.07) is 8.46. The van der Waals surface area contributed by atoms with Crippen LogP contribution in [0.25, 0.3) is 0 Å². The van der Waals surface area contributed by atoms with Crippen molar-refractivity contribution in [3.8, 4) is 11.8 Å². The summed E-state index contributed by atoms with van der Waals surface area (Å²) in [5.74, 6) is -1.06. The Morgan fingerprint density at radius 3 is 2.62 bits per heavy atom. The maximum absolute atomic E-state index is 13.5. The monoisotopic (exact) mass is 307 g/mol. The quantitative estimate of drug-likeness (QED) is 0.590. The number of phenolic OH excluding ortho intramolecular Hbond substituents is 1. The van der Waals surface area contributed by atoms with Crippen LogP contribution in [0.5, 0.6) is 5.75 Å². The third-order valence-electron chi connectivity index (χ3n) is 2.66. The third-order valence-corrected chi connectivity index (χ3v) is 4.06. The van der Waals surface area contributed by atoms with Crippen molar-refractivity contribution >= 4 is 21.4 Å². The van der Waals surface area contributed by atoms with Crippen molar-refractivity contribution in [2.24, 2.45) is 0 Å². The van der Waals surface area contributed by atoms with Gasteiger partial charge in [0.05, 0.1) is 11.4 Å². The van der Waals surface area contributed by atoms with Gasteiger partial charge in [0.15, 0.2) is 0 Å². The fourth-order valence-electron chi connectivity index (χ4n) is 1.68. The van der Waals surface area contributed by atoms with Crippen molar-refractivity contribution in [1.82, 2.24) is 0 Å². The minimum atomic E-state index is -4.19. The minimum Gasteiger partial charge on any atom is -0.508 e. The summed E-state index contributed by atoms with van der Waals surface area (Å²) in [5, 5.41) is 18.1. The van der Waals surface area contributed by atoms with Crippen LogP contribution in [0.3, 0.4) is 0 Å².